The van der Waals surface area contributed by atoms with Crippen LogP contribution in [0.2, 0.25) is 0 Å². The van der Waals surface area contributed by atoms with Crippen LogP contribution in [0.15, 0.2) is 0 Å². The van der Waals surface area contributed by atoms with Gasteiger partial charge in [-0.2, -0.15) is 0 Å². The van der Waals surface area contributed by atoms with Crippen molar-refractivity contribution in [2.75, 3.05) is 20.3 Å². The minimum absolute atomic E-state index is 0.315. The fraction of sp³-hybridized carbons (Fsp3) is 1.00. The predicted octanol–water partition coefficient (Wildman–Crippen LogP) is 3.92. The summed E-state index contributed by atoms with van der Waals surface area (Å²) in [6.07, 6.45) is 4.28. The Bertz CT molecular complexity index is 94.5. The molecule has 1 nitrogen and oxygen atoms in total. The summed E-state index contributed by atoms with van der Waals surface area (Å²) in [6.45, 7) is 11.8. The zero-order valence-corrected chi connectivity index (χ0v) is 12.1. The van der Waals surface area contributed by atoms with E-state index in [0.717, 1.165) is 11.3 Å². The van der Waals surface area contributed by atoms with Crippen LogP contribution < -0.4 is 5.32 Å². The normalized spacial score (nSPS) is 10.7. The molecule has 0 aromatic carbocycles. The molecule has 1 N–H and O–H groups in total. The molecule has 0 aliphatic carbocycles. The second kappa shape index (κ2) is 11.5. The van der Waals surface area contributed by atoms with Gasteiger partial charge in [0.1, 0.15) is 0 Å². The summed E-state index contributed by atoms with van der Waals surface area (Å²) in [4.78, 5) is 0. The lowest BCUT2D eigenvalue weighted by Gasteiger charge is -2.25. The van der Waals surface area contributed by atoms with Crippen LogP contribution in [0.25, 0.3) is 0 Å². The average Bonchev–Trinajstić information content (AvgIpc) is 2.05. The van der Waals surface area contributed by atoms with Crippen LogP contribution in [-0.4, -0.2) is 31.6 Å². The molecule has 2 heteroatoms. The van der Waals surface area contributed by atoms with Gasteiger partial charge in [0.25, 0.3) is 0 Å². The van der Waals surface area contributed by atoms with E-state index in [1.807, 2.05) is 14.1 Å². The summed E-state index contributed by atoms with van der Waals surface area (Å²) in [7, 11) is 4.07. The number of hydrogen-bond donors (Lipinski definition) is 1. The summed E-state index contributed by atoms with van der Waals surface area (Å²) in [5.41, 5.74) is 1.85. The fourth-order valence-electron chi connectivity index (χ4n) is 1.45. The number of unbranched alkanes of at least 4 members (excludes halogenated alkanes) is 1. The lowest BCUT2D eigenvalue weighted by Crippen LogP contribution is -2.06. The second-order valence-corrected chi connectivity index (χ2v) is 7.82. The maximum atomic E-state index is 2.75. The molecule has 0 saturated heterocycles. The van der Waals surface area contributed by atoms with E-state index < -0.39 is 0 Å². The highest BCUT2D eigenvalue weighted by Gasteiger charge is 2.14. The molecule has 0 fully saturated rings. The Kier molecular flexibility index (Phi) is 13.8. The molecule has 0 atom stereocenters. The van der Waals surface area contributed by atoms with Gasteiger partial charge in [0.05, 0.1) is 0 Å². The third-order valence-electron chi connectivity index (χ3n) is 2.10. The summed E-state index contributed by atoms with van der Waals surface area (Å²) < 4.78 is 0. The van der Waals surface area contributed by atoms with Gasteiger partial charge in [-0.05, 0) is 38.0 Å². The van der Waals surface area contributed by atoms with E-state index in [4.69, 9.17) is 0 Å². The van der Waals surface area contributed by atoms with Gasteiger partial charge in [0.2, 0.25) is 0 Å². The predicted molar refractivity (Wildman–Crippen MR) is 72.0 cm³/mol. The first-order valence-corrected chi connectivity index (χ1v) is 7.51. The topological polar surface area (TPSA) is 12.0 Å². The van der Waals surface area contributed by atoms with Gasteiger partial charge in [-0.3, -0.25) is 0 Å². The van der Waals surface area contributed by atoms with Gasteiger partial charge in [-0.15, -0.1) is 7.92 Å². The number of rotatable bonds is 5. The van der Waals surface area contributed by atoms with Crippen LogP contribution in [0, 0.1) is 0 Å². The van der Waals surface area contributed by atoms with E-state index in [-0.39, 0.29) is 0 Å². The summed E-state index contributed by atoms with van der Waals surface area (Å²) in [5.74, 6) is 0. The highest BCUT2D eigenvalue weighted by molar-refractivity contribution is 7.59. The molecular formula is C12H30NP. The van der Waals surface area contributed by atoms with Gasteiger partial charge < -0.3 is 5.32 Å². The Morgan fingerprint density at radius 3 is 1.57 bits per heavy atom. The van der Waals surface area contributed by atoms with Crippen LogP contribution in [0.4, 0.5) is 0 Å². The van der Waals surface area contributed by atoms with Crippen LogP contribution in [0.3, 0.4) is 0 Å². The molecule has 0 radical (unpaired) electrons. The molecule has 0 aromatic heterocycles. The van der Waals surface area contributed by atoms with Gasteiger partial charge >= 0.3 is 0 Å². The van der Waals surface area contributed by atoms with E-state index >= 15 is 0 Å². The van der Waals surface area contributed by atoms with Crippen molar-refractivity contribution in [1.29, 1.82) is 0 Å². The second-order valence-electron chi connectivity index (χ2n) is 4.28. The average molecular weight is 219 g/mol. The van der Waals surface area contributed by atoms with Gasteiger partial charge in [0.15, 0.2) is 0 Å². The van der Waals surface area contributed by atoms with E-state index in [2.05, 4.69) is 39.9 Å². The largest absolute Gasteiger partial charge is 0.323 e. The van der Waals surface area contributed by atoms with Crippen molar-refractivity contribution in [3.63, 3.8) is 0 Å². The summed E-state index contributed by atoms with van der Waals surface area (Å²) >= 11 is 0. The maximum Gasteiger partial charge on any atom is -0.0167 e. The van der Waals surface area contributed by atoms with Crippen molar-refractivity contribution < 1.29 is 0 Å². The van der Waals surface area contributed by atoms with Crippen LogP contribution in [0.5, 0.6) is 0 Å². The van der Waals surface area contributed by atoms with Crippen molar-refractivity contribution in [3.05, 3.63) is 0 Å². The van der Waals surface area contributed by atoms with Crippen LogP contribution in [-0.2, 0) is 0 Å². The fourth-order valence-corrected chi connectivity index (χ4v) is 4.36. The monoisotopic (exact) mass is 219 g/mol. The number of hydrogen-bond acceptors (Lipinski definition) is 1. The Balaban J connectivity index is 0. The first-order valence-electron chi connectivity index (χ1n) is 5.85. The Morgan fingerprint density at radius 1 is 1.00 bits per heavy atom. The molecule has 88 valence electrons. The summed E-state index contributed by atoms with van der Waals surface area (Å²) in [6, 6.07) is 0. The zero-order chi connectivity index (χ0) is 11.6. The Labute approximate surface area is 92.8 Å². The molecule has 0 amide bonds. The lowest BCUT2D eigenvalue weighted by molar-refractivity contribution is 0.872. The molecular weight excluding hydrogens is 189 g/mol. The third-order valence-corrected chi connectivity index (χ3v) is 5.58. The molecule has 0 bridgehead atoms. The van der Waals surface area contributed by atoms with E-state index in [1.54, 1.807) is 0 Å². The van der Waals surface area contributed by atoms with Gasteiger partial charge in [-0.25, -0.2) is 0 Å². The first-order chi connectivity index (χ1) is 6.51. The summed E-state index contributed by atoms with van der Waals surface area (Å²) in [5, 5.41) is 2.75. The molecule has 0 aliphatic heterocycles. The Hall–Kier alpha value is 0.390. The van der Waals surface area contributed by atoms with Gasteiger partial charge in [-0.1, -0.05) is 41.0 Å². The smallest absolute Gasteiger partial charge is 0.0167 e. The van der Waals surface area contributed by atoms with Crippen molar-refractivity contribution in [1.82, 2.24) is 5.32 Å². The standard InChI is InChI=1S/C10H23P.C2H7N/c1-6-7-8-11(9(2)3)10(4)5;1-3-2/h9-10H,6-8H2,1-5H3;3H,1-2H3. The zero-order valence-electron chi connectivity index (χ0n) is 11.2. The molecule has 0 aliphatic rings. The minimum Gasteiger partial charge on any atom is -0.323 e. The van der Waals surface area contributed by atoms with E-state index in [9.17, 15) is 0 Å². The van der Waals surface area contributed by atoms with Crippen LogP contribution in [0.1, 0.15) is 47.5 Å². The van der Waals surface area contributed by atoms with Crippen molar-refractivity contribution >= 4 is 7.92 Å². The van der Waals surface area contributed by atoms with Crippen LogP contribution >= 0.6 is 7.92 Å². The minimum atomic E-state index is 0.315. The third kappa shape index (κ3) is 10.5. The lowest BCUT2D eigenvalue weighted by atomic mass is 10.4. The number of nitrogens with one attached hydrogen (secondary N) is 1. The molecule has 0 aromatic rings. The van der Waals surface area contributed by atoms with Crippen molar-refractivity contribution in [3.8, 4) is 0 Å². The quantitative estimate of drug-likeness (QED) is 0.691. The van der Waals surface area contributed by atoms with E-state index in [1.165, 1.54) is 19.0 Å². The van der Waals surface area contributed by atoms with Crippen molar-refractivity contribution in [2.24, 2.45) is 0 Å². The highest BCUT2D eigenvalue weighted by Crippen LogP contribution is 2.46. The Morgan fingerprint density at radius 2 is 1.36 bits per heavy atom. The first kappa shape index (κ1) is 16.8. The SMILES string of the molecule is CCCCP(C(C)C)C(C)C.CNC. The molecule has 0 saturated carbocycles. The molecule has 0 spiro atoms. The van der Waals surface area contributed by atoms with E-state index in [0.29, 0.717) is 7.92 Å². The molecule has 0 rings (SSSR count). The van der Waals surface area contributed by atoms with Crippen molar-refractivity contribution in [2.45, 2.75) is 58.8 Å². The molecule has 0 heterocycles. The molecule has 0 unspecified atom stereocenters. The maximum absolute atomic E-state index is 2.75. The van der Waals surface area contributed by atoms with Gasteiger partial charge in [0, 0.05) is 0 Å². The molecule has 14 heavy (non-hydrogen) atoms. The highest BCUT2D eigenvalue weighted by atomic mass is 31.1.